The van der Waals surface area contributed by atoms with Crippen LogP contribution in [0.2, 0.25) is 0 Å². The highest BCUT2D eigenvalue weighted by Gasteiger charge is 2.31. The number of aryl methyl sites for hydroxylation is 2. The number of aromatic nitrogens is 1. The molecule has 2 heterocycles. The second-order valence-corrected chi connectivity index (χ2v) is 8.82. The van der Waals surface area contributed by atoms with Gasteiger partial charge in [0.1, 0.15) is 15.5 Å². The Hall–Kier alpha value is -1.30. The van der Waals surface area contributed by atoms with Gasteiger partial charge in [0.2, 0.25) is 0 Å². The van der Waals surface area contributed by atoms with Gasteiger partial charge >= 0.3 is 0 Å². The lowest BCUT2D eigenvalue weighted by Crippen LogP contribution is -2.47. The zero-order chi connectivity index (χ0) is 15.7. The van der Waals surface area contributed by atoms with Gasteiger partial charge in [-0.1, -0.05) is 0 Å². The monoisotopic (exact) mass is 324 g/mol. The molecule has 1 aromatic rings. The number of piperidine rings is 1. The molecule has 5 nitrogen and oxygen atoms in total. The number of carbonyl (C=O) groups is 1. The molecule has 0 saturated carbocycles. The number of sulfone groups is 1. The number of H-pyrrole nitrogens is 1. The number of fused-ring (bicyclic) bond motifs is 1. The number of nitrogens with zero attached hydrogens (tertiary/aromatic N) is 1. The molecule has 22 heavy (non-hydrogen) atoms. The highest BCUT2D eigenvalue weighted by molar-refractivity contribution is 7.90. The molecule has 2 aliphatic rings. The minimum atomic E-state index is -3.08. The standard InChI is InChI=1S/C16H24N2O3S/c1-22(20,21)11-13-7-4-5-9-18(13)16(19)15-10-12-6-2-3-8-14(12)17-15/h10,13,17H,2-9,11H2,1H3/t13-/m1/s1. The summed E-state index contributed by atoms with van der Waals surface area (Å²) < 4.78 is 23.2. The number of nitrogens with one attached hydrogen (secondary N) is 1. The van der Waals surface area contributed by atoms with Crippen molar-refractivity contribution in [3.05, 3.63) is 23.0 Å². The van der Waals surface area contributed by atoms with Crippen LogP contribution in [0.1, 0.15) is 53.8 Å². The van der Waals surface area contributed by atoms with Gasteiger partial charge in [0.05, 0.1) is 5.75 Å². The van der Waals surface area contributed by atoms with Gasteiger partial charge in [0, 0.05) is 24.5 Å². The molecule has 1 amide bonds. The fourth-order valence-corrected chi connectivity index (χ4v) is 4.71. The number of carbonyl (C=O) groups excluding carboxylic acids is 1. The average molecular weight is 324 g/mol. The SMILES string of the molecule is CS(=O)(=O)C[C@H]1CCCCN1C(=O)c1cc2c([nH]1)CCCC2. The molecule has 1 aliphatic carbocycles. The maximum atomic E-state index is 12.8. The van der Waals surface area contributed by atoms with E-state index in [-0.39, 0.29) is 17.7 Å². The summed E-state index contributed by atoms with van der Waals surface area (Å²) in [6, 6.07) is 1.79. The summed E-state index contributed by atoms with van der Waals surface area (Å²) in [4.78, 5) is 17.9. The van der Waals surface area contributed by atoms with Crippen LogP contribution in [0.25, 0.3) is 0 Å². The molecular formula is C16H24N2O3S. The van der Waals surface area contributed by atoms with Crippen molar-refractivity contribution >= 4 is 15.7 Å². The van der Waals surface area contributed by atoms with Crippen LogP contribution in [-0.2, 0) is 22.7 Å². The Morgan fingerprint density at radius 1 is 1.27 bits per heavy atom. The van der Waals surface area contributed by atoms with Crippen molar-refractivity contribution in [1.82, 2.24) is 9.88 Å². The van der Waals surface area contributed by atoms with Crippen molar-refractivity contribution < 1.29 is 13.2 Å². The number of rotatable bonds is 3. The van der Waals surface area contributed by atoms with E-state index in [0.717, 1.165) is 32.1 Å². The maximum absolute atomic E-state index is 12.8. The molecule has 0 unspecified atom stereocenters. The number of hydrogen-bond donors (Lipinski definition) is 1. The molecule has 0 aromatic carbocycles. The van der Waals surface area contributed by atoms with E-state index in [9.17, 15) is 13.2 Å². The van der Waals surface area contributed by atoms with Gasteiger partial charge in [-0.3, -0.25) is 4.79 Å². The van der Waals surface area contributed by atoms with Crippen LogP contribution in [0, 0.1) is 0 Å². The molecule has 0 radical (unpaired) electrons. The lowest BCUT2D eigenvalue weighted by Gasteiger charge is -2.35. The summed E-state index contributed by atoms with van der Waals surface area (Å²) in [5, 5.41) is 0. The highest BCUT2D eigenvalue weighted by Crippen LogP contribution is 2.25. The van der Waals surface area contributed by atoms with Crippen LogP contribution in [-0.4, -0.2) is 48.8 Å². The second-order valence-electron chi connectivity index (χ2n) is 6.63. The van der Waals surface area contributed by atoms with Crippen molar-refractivity contribution in [3.63, 3.8) is 0 Å². The van der Waals surface area contributed by atoms with Crippen molar-refractivity contribution in [2.24, 2.45) is 0 Å². The van der Waals surface area contributed by atoms with Crippen LogP contribution < -0.4 is 0 Å². The minimum absolute atomic E-state index is 0.0391. The molecule has 3 rings (SSSR count). The zero-order valence-corrected chi connectivity index (χ0v) is 13.9. The van der Waals surface area contributed by atoms with E-state index < -0.39 is 9.84 Å². The van der Waals surface area contributed by atoms with E-state index in [1.54, 1.807) is 4.90 Å². The summed E-state index contributed by atoms with van der Waals surface area (Å²) in [6.07, 6.45) is 8.36. The van der Waals surface area contributed by atoms with Crippen LogP contribution in [0.3, 0.4) is 0 Å². The van der Waals surface area contributed by atoms with Gasteiger partial charge < -0.3 is 9.88 Å². The molecular weight excluding hydrogens is 300 g/mol. The average Bonchev–Trinajstić information content (AvgIpc) is 2.89. The predicted octanol–water partition coefficient (Wildman–Crippen LogP) is 1.93. The largest absolute Gasteiger partial charge is 0.354 e. The Morgan fingerprint density at radius 2 is 2.05 bits per heavy atom. The number of aromatic amines is 1. The van der Waals surface area contributed by atoms with Gasteiger partial charge in [-0.05, 0) is 56.6 Å². The molecule has 0 spiro atoms. The third-order valence-corrected chi connectivity index (χ3v) is 5.72. The summed E-state index contributed by atoms with van der Waals surface area (Å²) in [5.41, 5.74) is 3.07. The van der Waals surface area contributed by atoms with E-state index in [1.807, 2.05) is 6.07 Å². The Kier molecular flexibility index (Phi) is 4.30. The van der Waals surface area contributed by atoms with Crippen LogP contribution in [0.5, 0.6) is 0 Å². The molecule has 122 valence electrons. The molecule has 1 aromatic heterocycles. The van der Waals surface area contributed by atoms with E-state index in [1.165, 1.54) is 30.4 Å². The molecule has 0 bridgehead atoms. The number of likely N-dealkylation sites (tertiary alicyclic amines) is 1. The Labute approximate surface area is 132 Å². The van der Waals surface area contributed by atoms with Gasteiger partial charge in [0.15, 0.2) is 0 Å². The molecule has 1 N–H and O–H groups in total. The lowest BCUT2D eigenvalue weighted by molar-refractivity contribution is 0.0633. The fourth-order valence-electron chi connectivity index (χ4n) is 3.66. The molecule has 1 atom stereocenters. The van der Waals surface area contributed by atoms with Crippen molar-refractivity contribution in [3.8, 4) is 0 Å². The predicted molar refractivity (Wildman–Crippen MR) is 85.8 cm³/mol. The van der Waals surface area contributed by atoms with Crippen molar-refractivity contribution in [2.75, 3.05) is 18.6 Å². The Bertz CT molecular complexity index is 639. The molecule has 1 fully saturated rings. The molecule has 6 heteroatoms. The first-order chi connectivity index (χ1) is 10.4. The molecule has 1 aliphatic heterocycles. The van der Waals surface area contributed by atoms with Gasteiger partial charge in [-0.15, -0.1) is 0 Å². The first kappa shape index (κ1) is 15.6. The third kappa shape index (κ3) is 3.37. The van der Waals surface area contributed by atoms with Gasteiger partial charge in [-0.2, -0.15) is 0 Å². The molecule has 1 saturated heterocycles. The van der Waals surface area contributed by atoms with E-state index in [0.29, 0.717) is 12.2 Å². The second kappa shape index (κ2) is 6.07. The topological polar surface area (TPSA) is 70.2 Å². The van der Waals surface area contributed by atoms with Crippen molar-refractivity contribution in [1.29, 1.82) is 0 Å². The Balaban J connectivity index is 1.81. The van der Waals surface area contributed by atoms with E-state index in [4.69, 9.17) is 0 Å². The maximum Gasteiger partial charge on any atom is 0.270 e. The smallest absolute Gasteiger partial charge is 0.270 e. The summed E-state index contributed by atoms with van der Waals surface area (Å²) >= 11 is 0. The number of amides is 1. The van der Waals surface area contributed by atoms with Crippen LogP contribution >= 0.6 is 0 Å². The normalized spacial score (nSPS) is 22.4. The van der Waals surface area contributed by atoms with Crippen LogP contribution in [0.4, 0.5) is 0 Å². The van der Waals surface area contributed by atoms with Gasteiger partial charge in [0.25, 0.3) is 5.91 Å². The Morgan fingerprint density at radius 3 is 2.77 bits per heavy atom. The first-order valence-electron chi connectivity index (χ1n) is 8.13. The van der Waals surface area contributed by atoms with Crippen molar-refractivity contribution in [2.45, 2.75) is 51.0 Å². The summed E-state index contributed by atoms with van der Waals surface area (Å²) in [5.74, 6) is 0.0295. The fraction of sp³-hybridized carbons (Fsp3) is 0.688. The van der Waals surface area contributed by atoms with E-state index in [2.05, 4.69) is 4.98 Å². The third-order valence-electron chi connectivity index (χ3n) is 4.73. The van der Waals surface area contributed by atoms with Crippen LogP contribution in [0.15, 0.2) is 6.07 Å². The summed E-state index contributed by atoms with van der Waals surface area (Å²) in [6.45, 7) is 0.655. The quantitative estimate of drug-likeness (QED) is 0.923. The highest BCUT2D eigenvalue weighted by atomic mass is 32.2. The van der Waals surface area contributed by atoms with Gasteiger partial charge in [-0.25, -0.2) is 8.42 Å². The zero-order valence-electron chi connectivity index (χ0n) is 13.1. The number of hydrogen-bond acceptors (Lipinski definition) is 3. The van der Waals surface area contributed by atoms with E-state index >= 15 is 0 Å². The lowest BCUT2D eigenvalue weighted by atomic mass is 9.98. The minimum Gasteiger partial charge on any atom is -0.354 e. The first-order valence-corrected chi connectivity index (χ1v) is 10.2. The summed E-state index contributed by atoms with van der Waals surface area (Å²) in [7, 11) is -3.08.